The minimum absolute atomic E-state index is 0.195. The van der Waals surface area contributed by atoms with E-state index in [1.807, 2.05) is 6.07 Å². The highest BCUT2D eigenvalue weighted by Gasteiger charge is 2.46. The van der Waals surface area contributed by atoms with E-state index in [9.17, 15) is 4.79 Å². The lowest BCUT2D eigenvalue weighted by Crippen LogP contribution is -2.57. The number of hydrogen-bond donors (Lipinski definition) is 2. The van der Waals surface area contributed by atoms with Gasteiger partial charge in [-0.25, -0.2) is 0 Å². The summed E-state index contributed by atoms with van der Waals surface area (Å²) >= 11 is 0. The van der Waals surface area contributed by atoms with Gasteiger partial charge in [0.2, 0.25) is 0 Å². The number of nitrogens with zero attached hydrogens (tertiary/aromatic N) is 1. The van der Waals surface area contributed by atoms with E-state index < -0.39 is 11.5 Å². The first-order chi connectivity index (χ1) is 5.08. The van der Waals surface area contributed by atoms with Crippen LogP contribution in [-0.4, -0.2) is 16.6 Å². The van der Waals surface area contributed by atoms with Crippen molar-refractivity contribution in [2.75, 3.05) is 0 Å². The first-order valence-corrected chi connectivity index (χ1v) is 3.48. The summed E-state index contributed by atoms with van der Waals surface area (Å²) in [5, 5.41) is 16.8. The van der Waals surface area contributed by atoms with Gasteiger partial charge >= 0.3 is 5.97 Å². The summed E-state index contributed by atoms with van der Waals surface area (Å²) in [6.45, 7) is 0. The largest absolute Gasteiger partial charge is 0.480 e. The van der Waals surface area contributed by atoms with Crippen LogP contribution in [0.3, 0.4) is 0 Å². The first kappa shape index (κ1) is 8.02. The number of aliphatic carboxylic acids is 1. The van der Waals surface area contributed by atoms with Gasteiger partial charge in [-0.05, 0) is 18.8 Å². The number of hydrogen-bond acceptors (Lipinski definition) is 3. The first-order valence-electron chi connectivity index (χ1n) is 3.48. The molecule has 0 aliphatic heterocycles. The van der Waals surface area contributed by atoms with Crippen LogP contribution < -0.4 is 5.73 Å². The Morgan fingerprint density at radius 1 is 1.82 bits per heavy atom. The Bertz CT molecular complexity index is 213. The van der Waals surface area contributed by atoms with Crippen molar-refractivity contribution in [1.82, 2.24) is 0 Å². The average molecular weight is 154 g/mol. The highest BCUT2D eigenvalue weighted by molar-refractivity contribution is 5.79. The molecule has 1 aliphatic carbocycles. The molecule has 0 saturated heterocycles. The normalized spacial score (nSPS) is 35.5. The second kappa shape index (κ2) is 2.51. The maximum Gasteiger partial charge on any atom is 0.323 e. The Hall–Kier alpha value is -1.08. The highest BCUT2D eigenvalue weighted by atomic mass is 16.4. The molecule has 0 bridgehead atoms. The molecule has 1 rings (SSSR count). The number of nitriles is 1. The molecule has 0 amide bonds. The lowest BCUT2D eigenvalue weighted by atomic mass is 9.68. The van der Waals surface area contributed by atoms with E-state index in [0.29, 0.717) is 19.3 Å². The number of carboxylic acids is 1. The van der Waals surface area contributed by atoms with Gasteiger partial charge in [-0.1, -0.05) is 0 Å². The van der Waals surface area contributed by atoms with Crippen LogP contribution in [0.15, 0.2) is 0 Å². The summed E-state index contributed by atoms with van der Waals surface area (Å²) in [6, 6.07) is 2.00. The monoisotopic (exact) mass is 154 g/mol. The van der Waals surface area contributed by atoms with Crippen molar-refractivity contribution in [3.05, 3.63) is 0 Å². The molecule has 0 heterocycles. The Morgan fingerprint density at radius 2 is 2.36 bits per heavy atom. The molecule has 0 unspecified atom stereocenters. The smallest absolute Gasteiger partial charge is 0.323 e. The van der Waals surface area contributed by atoms with Crippen LogP contribution >= 0.6 is 0 Å². The predicted molar refractivity (Wildman–Crippen MR) is 37.5 cm³/mol. The lowest BCUT2D eigenvalue weighted by molar-refractivity contribution is -0.148. The molecule has 1 aliphatic rings. The van der Waals surface area contributed by atoms with Crippen LogP contribution in [0.4, 0.5) is 0 Å². The second-order valence-corrected chi connectivity index (χ2v) is 3.10. The Balaban J connectivity index is 2.39. The van der Waals surface area contributed by atoms with E-state index in [1.54, 1.807) is 0 Å². The number of rotatable bonds is 2. The second-order valence-electron chi connectivity index (χ2n) is 3.10. The summed E-state index contributed by atoms with van der Waals surface area (Å²) < 4.78 is 0. The zero-order valence-corrected chi connectivity index (χ0v) is 6.08. The van der Waals surface area contributed by atoms with Gasteiger partial charge in [-0.2, -0.15) is 5.26 Å². The molecule has 0 aromatic heterocycles. The topological polar surface area (TPSA) is 87.1 Å². The SMILES string of the molecule is N#CCC1CC(N)(C(=O)O)C1. The van der Waals surface area contributed by atoms with E-state index >= 15 is 0 Å². The minimum Gasteiger partial charge on any atom is -0.480 e. The van der Waals surface area contributed by atoms with E-state index in [1.165, 1.54) is 0 Å². The quantitative estimate of drug-likeness (QED) is 0.590. The minimum atomic E-state index is -1.04. The zero-order valence-electron chi connectivity index (χ0n) is 6.08. The third-order valence-corrected chi connectivity index (χ3v) is 2.11. The van der Waals surface area contributed by atoms with Crippen molar-refractivity contribution in [2.45, 2.75) is 24.8 Å². The van der Waals surface area contributed by atoms with Gasteiger partial charge in [0, 0.05) is 6.42 Å². The van der Waals surface area contributed by atoms with Gasteiger partial charge in [-0.15, -0.1) is 0 Å². The standard InChI is InChI=1S/C7H10N2O2/c8-2-1-5-3-7(9,4-5)6(10)11/h5H,1,3-4,9H2,(H,10,11). The van der Waals surface area contributed by atoms with Gasteiger partial charge in [-0.3, -0.25) is 4.79 Å². The van der Waals surface area contributed by atoms with Crippen LogP contribution in [0.5, 0.6) is 0 Å². The van der Waals surface area contributed by atoms with Gasteiger partial charge in [0.15, 0.2) is 0 Å². The van der Waals surface area contributed by atoms with Crippen LogP contribution in [0, 0.1) is 17.2 Å². The summed E-state index contributed by atoms with van der Waals surface area (Å²) in [4.78, 5) is 10.4. The van der Waals surface area contributed by atoms with Crippen LogP contribution in [0.1, 0.15) is 19.3 Å². The zero-order chi connectivity index (χ0) is 8.48. The molecule has 0 aromatic carbocycles. The molecule has 1 fully saturated rings. The van der Waals surface area contributed by atoms with Crippen molar-refractivity contribution in [2.24, 2.45) is 11.7 Å². The van der Waals surface area contributed by atoms with Crippen molar-refractivity contribution in [3.8, 4) is 6.07 Å². The van der Waals surface area contributed by atoms with E-state index in [4.69, 9.17) is 16.1 Å². The van der Waals surface area contributed by atoms with E-state index in [2.05, 4.69) is 0 Å². The van der Waals surface area contributed by atoms with Crippen molar-refractivity contribution >= 4 is 5.97 Å². The van der Waals surface area contributed by atoms with Crippen LogP contribution in [-0.2, 0) is 4.79 Å². The van der Waals surface area contributed by atoms with Gasteiger partial charge < -0.3 is 10.8 Å². The Labute approximate surface area is 64.6 Å². The van der Waals surface area contributed by atoms with Gasteiger partial charge in [0.05, 0.1) is 6.07 Å². The molecular weight excluding hydrogens is 144 g/mol. The van der Waals surface area contributed by atoms with Gasteiger partial charge in [0.25, 0.3) is 0 Å². The average Bonchev–Trinajstić information content (AvgIpc) is 1.84. The van der Waals surface area contributed by atoms with Crippen molar-refractivity contribution < 1.29 is 9.90 Å². The molecule has 3 N–H and O–H groups in total. The lowest BCUT2D eigenvalue weighted by Gasteiger charge is -2.40. The Morgan fingerprint density at radius 3 is 2.73 bits per heavy atom. The third-order valence-electron chi connectivity index (χ3n) is 2.11. The summed E-state index contributed by atoms with van der Waals surface area (Å²) in [5.74, 6) is -0.757. The molecule has 60 valence electrons. The number of nitrogens with two attached hydrogens (primary N) is 1. The van der Waals surface area contributed by atoms with E-state index in [-0.39, 0.29) is 5.92 Å². The molecule has 4 heteroatoms. The molecule has 0 aromatic rings. The highest BCUT2D eigenvalue weighted by Crippen LogP contribution is 2.37. The fraction of sp³-hybridized carbons (Fsp3) is 0.714. The van der Waals surface area contributed by atoms with E-state index in [0.717, 1.165) is 0 Å². The molecule has 1 saturated carbocycles. The van der Waals surface area contributed by atoms with Crippen LogP contribution in [0.2, 0.25) is 0 Å². The molecule has 4 nitrogen and oxygen atoms in total. The predicted octanol–water partition coefficient (Wildman–Crippen LogP) is 0.0922. The molecule has 0 spiro atoms. The number of carbonyl (C=O) groups is 1. The molecular formula is C7H10N2O2. The Kier molecular flexibility index (Phi) is 1.83. The third kappa shape index (κ3) is 1.33. The fourth-order valence-corrected chi connectivity index (χ4v) is 1.42. The summed E-state index contributed by atoms with van der Waals surface area (Å²) in [7, 11) is 0. The fourth-order valence-electron chi connectivity index (χ4n) is 1.42. The molecule has 11 heavy (non-hydrogen) atoms. The van der Waals surface area contributed by atoms with Crippen LogP contribution in [0.25, 0.3) is 0 Å². The summed E-state index contributed by atoms with van der Waals surface area (Å²) in [5.41, 5.74) is 4.42. The number of carboxylic acid groups (broad SMARTS) is 1. The van der Waals surface area contributed by atoms with Crippen molar-refractivity contribution in [3.63, 3.8) is 0 Å². The van der Waals surface area contributed by atoms with Crippen molar-refractivity contribution in [1.29, 1.82) is 5.26 Å². The molecule has 0 radical (unpaired) electrons. The maximum absolute atomic E-state index is 10.4. The maximum atomic E-state index is 10.4. The van der Waals surface area contributed by atoms with Gasteiger partial charge in [0.1, 0.15) is 5.54 Å². The molecule has 0 atom stereocenters. The summed E-state index contributed by atoms with van der Waals surface area (Å²) in [6.07, 6.45) is 1.30.